The second kappa shape index (κ2) is 4.28. The number of aliphatic hydroxyl groups is 1. The zero-order valence-electron chi connectivity index (χ0n) is 8.92. The molecule has 0 saturated heterocycles. The first-order valence-electron chi connectivity index (χ1n) is 5.17. The van der Waals surface area contributed by atoms with Gasteiger partial charge in [0.1, 0.15) is 0 Å². The number of hydrogen-bond donors (Lipinski definition) is 3. The van der Waals surface area contributed by atoms with E-state index >= 15 is 0 Å². The van der Waals surface area contributed by atoms with Crippen molar-refractivity contribution >= 4 is 5.91 Å². The average Bonchev–Trinajstić information content (AvgIpc) is 2.96. The Morgan fingerprint density at radius 2 is 2.14 bits per heavy atom. The van der Waals surface area contributed by atoms with Crippen LogP contribution in [0, 0.1) is 11.3 Å². The molecule has 0 aromatic carbocycles. The van der Waals surface area contributed by atoms with Crippen molar-refractivity contribution in [2.45, 2.75) is 32.7 Å². The fourth-order valence-electron chi connectivity index (χ4n) is 1.34. The number of amides is 1. The van der Waals surface area contributed by atoms with Crippen LogP contribution in [0.15, 0.2) is 0 Å². The summed E-state index contributed by atoms with van der Waals surface area (Å²) in [4.78, 5) is 11.7. The van der Waals surface area contributed by atoms with Crippen LogP contribution >= 0.6 is 0 Å². The maximum atomic E-state index is 11.7. The molecule has 1 fully saturated rings. The maximum absolute atomic E-state index is 11.7. The molecule has 4 nitrogen and oxygen atoms in total. The molecule has 0 radical (unpaired) electrons. The summed E-state index contributed by atoms with van der Waals surface area (Å²) in [5.41, 5.74) is 5.26. The highest BCUT2D eigenvalue weighted by Gasteiger charge is 2.48. The van der Waals surface area contributed by atoms with Crippen LogP contribution in [0.3, 0.4) is 0 Å². The van der Waals surface area contributed by atoms with Crippen molar-refractivity contribution in [1.82, 2.24) is 5.32 Å². The van der Waals surface area contributed by atoms with E-state index in [4.69, 9.17) is 10.8 Å². The summed E-state index contributed by atoms with van der Waals surface area (Å²) in [6.45, 7) is 4.34. The lowest BCUT2D eigenvalue weighted by Gasteiger charge is -2.22. The van der Waals surface area contributed by atoms with Crippen LogP contribution in [0.2, 0.25) is 0 Å². The van der Waals surface area contributed by atoms with Gasteiger partial charge in [-0.25, -0.2) is 0 Å². The second-order valence-electron chi connectivity index (χ2n) is 4.41. The monoisotopic (exact) mass is 200 g/mol. The Hall–Kier alpha value is -0.610. The quantitative estimate of drug-likeness (QED) is 0.578. The molecule has 1 amide bonds. The molecule has 82 valence electrons. The molecule has 1 aliphatic rings. The van der Waals surface area contributed by atoms with E-state index in [-0.39, 0.29) is 29.9 Å². The normalized spacial score (nSPS) is 22.6. The maximum Gasteiger partial charge on any atom is 0.227 e. The number of hydrogen-bond acceptors (Lipinski definition) is 3. The Kier molecular flexibility index (Phi) is 3.50. The van der Waals surface area contributed by atoms with E-state index in [9.17, 15) is 4.79 Å². The van der Waals surface area contributed by atoms with E-state index in [0.29, 0.717) is 6.54 Å². The van der Waals surface area contributed by atoms with Crippen LogP contribution in [-0.4, -0.2) is 30.2 Å². The molecule has 1 saturated carbocycles. The number of nitrogens with one attached hydrogen (secondary N) is 1. The van der Waals surface area contributed by atoms with Crippen LogP contribution in [0.1, 0.15) is 26.7 Å². The Labute approximate surface area is 84.9 Å². The molecule has 2 unspecified atom stereocenters. The van der Waals surface area contributed by atoms with Crippen molar-refractivity contribution in [3.05, 3.63) is 0 Å². The predicted octanol–water partition coefficient (Wildman–Crippen LogP) is -0.142. The fourth-order valence-corrected chi connectivity index (χ4v) is 1.34. The van der Waals surface area contributed by atoms with Crippen molar-refractivity contribution in [3.8, 4) is 0 Å². The highest BCUT2D eigenvalue weighted by atomic mass is 16.3. The first-order chi connectivity index (χ1) is 6.55. The van der Waals surface area contributed by atoms with E-state index in [0.717, 1.165) is 12.8 Å². The average molecular weight is 200 g/mol. The van der Waals surface area contributed by atoms with Crippen LogP contribution < -0.4 is 11.1 Å². The number of rotatable bonds is 5. The molecule has 14 heavy (non-hydrogen) atoms. The summed E-state index contributed by atoms with van der Waals surface area (Å²) in [6.07, 6.45) is 1.80. The van der Waals surface area contributed by atoms with Crippen LogP contribution in [0.5, 0.6) is 0 Å². The van der Waals surface area contributed by atoms with Gasteiger partial charge in [0.15, 0.2) is 0 Å². The molecular formula is C10H20N2O2. The van der Waals surface area contributed by atoms with Gasteiger partial charge in [0.05, 0.1) is 5.41 Å². The highest BCUT2D eigenvalue weighted by Crippen LogP contribution is 2.44. The lowest BCUT2D eigenvalue weighted by molar-refractivity contribution is -0.127. The first kappa shape index (κ1) is 11.5. The van der Waals surface area contributed by atoms with E-state index in [2.05, 4.69) is 5.32 Å². The van der Waals surface area contributed by atoms with Crippen LogP contribution in [0.25, 0.3) is 0 Å². The summed E-state index contributed by atoms with van der Waals surface area (Å²) in [7, 11) is 0. The van der Waals surface area contributed by atoms with E-state index < -0.39 is 0 Å². The minimum atomic E-state index is -0.288. The molecule has 1 aliphatic carbocycles. The summed E-state index contributed by atoms with van der Waals surface area (Å²) in [6, 6.07) is 0.0107. The third-order valence-electron chi connectivity index (χ3n) is 3.23. The van der Waals surface area contributed by atoms with Gasteiger partial charge in [0.25, 0.3) is 0 Å². The smallest absolute Gasteiger partial charge is 0.227 e. The summed E-state index contributed by atoms with van der Waals surface area (Å²) in [5, 5.41) is 11.8. The van der Waals surface area contributed by atoms with Gasteiger partial charge in [0, 0.05) is 19.2 Å². The molecular weight excluding hydrogens is 180 g/mol. The Morgan fingerprint density at radius 3 is 2.50 bits per heavy atom. The molecule has 4 heteroatoms. The molecule has 0 heterocycles. The van der Waals surface area contributed by atoms with Crippen molar-refractivity contribution in [3.63, 3.8) is 0 Å². The Morgan fingerprint density at radius 1 is 1.57 bits per heavy atom. The zero-order chi connectivity index (χ0) is 10.8. The molecule has 4 N–H and O–H groups in total. The molecule has 0 spiro atoms. The third-order valence-corrected chi connectivity index (χ3v) is 3.23. The van der Waals surface area contributed by atoms with E-state index in [1.807, 2.05) is 13.8 Å². The van der Waals surface area contributed by atoms with Gasteiger partial charge in [-0.3, -0.25) is 4.79 Å². The second-order valence-corrected chi connectivity index (χ2v) is 4.41. The van der Waals surface area contributed by atoms with E-state index in [1.165, 1.54) is 0 Å². The molecule has 2 atom stereocenters. The lowest BCUT2D eigenvalue weighted by atomic mass is 10.0. The highest BCUT2D eigenvalue weighted by molar-refractivity contribution is 5.85. The number of nitrogens with two attached hydrogens (primary N) is 1. The SMILES string of the molecule is CC(CO)C(C)NC(=O)C1(CN)CC1. The Balaban J connectivity index is 2.41. The van der Waals surface area contributed by atoms with Crippen LogP contribution in [-0.2, 0) is 4.79 Å². The fraction of sp³-hybridized carbons (Fsp3) is 0.900. The minimum Gasteiger partial charge on any atom is -0.396 e. The topological polar surface area (TPSA) is 75.3 Å². The number of carbonyl (C=O) groups is 1. The molecule has 0 aliphatic heterocycles. The standard InChI is InChI=1S/C10H20N2O2/c1-7(5-13)8(2)12-9(14)10(6-11)3-4-10/h7-8,13H,3-6,11H2,1-2H3,(H,12,14). The summed E-state index contributed by atoms with van der Waals surface area (Å²) < 4.78 is 0. The first-order valence-corrected chi connectivity index (χ1v) is 5.17. The molecule has 0 bridgehead atoms. The van der Waals surface area contributed by atoms with Gasteiger partial charge in [-0.15, -0.1) is 0 Å². The van der Waals surface area contributed by atoms with Gasteiger partial charge in [-0.2, -0.15) is 0 Å². The molecule has 0 aromatic rings. The predicted molar refractivity (Wildman–Crippen MR) is 54.6 cm³/mol. The van der Waals surface area contributed by atoms with Crippen molar-refractivity contribution in [2.24, 2.45) is 17.1 Å². The van der Waals surface area contributed by atoms with Gasteiger partial charge in [-0.05, 0) is 25.7 Å². The summed E-state index contributed by atoms with van der Waals surface area (Å²) >= 11 is 0. The van der Waals surface area contributed by atoms with Crippen LogP contribution in [0.4, 0.5) is 0 Å². The molecule has 1 rings (SSSR count). The number of aliphatic hydroxyl groups excluding tert-OH is 1. The minimum absolute atomic E-state index is 0.0107. The van der Waals surface area contributed by atoms with Gasteiger partial charge in [0.2, 0.25) is 5.91 Å². The Bertz CT molecular complexity index is 214. The number of carbonyl (C=O) groups excluding carboxylic acids is 1. The third kappa shape index (κ3) is 2.25. The zero-order valence-corrected chi connectivity index (χ0v) is 8.92. The van der Waals surface area contributed by atoms with Gasteiger partial charge in [-0.1, -0.05) is 6.92 Å². The van der Waals surface area contributed by atoms with Gasteiger partial charge < -0.3 is 16.2 Å². The van der Waals surface area contributed by atoms with Crippen molar-refractivity contribution in [1.29, 1.82) is 0 Å². The summed E-state index contributed by atoms with van der Waals surface area (Å²) in [5.74, 6) is 0.139. The molecule has 0 aromatic heterocycles. The largest absolute Gasteiger partial charge is 0.396 e. The van der Waals surface area contributed by atoms with E-state index in [1.54, 1.807) is 0 Å². The van der Waals surface area contributed by atoms with Crippen molar-refractivity contribution in [2.75, 3.05) is 13.2 Å². The van der Waals surface area contributed by atoms with Gasteiger partial charge >= 0.3 is 0 Å². The van der Waals surface area contributed by atoms with Crippen molar-refractivity contribution < 1.29 is 9.90 Å². The lowest BCUT2D eigenvalue weighted by Crippen LogP contribution is -2.44.